The van der Waals surface area contributed by atoms with Crippen LogP contribution in [0.3, 0.4) is 0 Å². The zero-order chi connectivity index (χ0) is 16.8. The summed E-state index contributed by atoms with van der Waals surface area (Å²) in [7, 11) is 0. The molecule has 2 aromatic carbocycles. The van der Waals surface area contributed by atoms with Gasteiger partial charge in [0.25, 0.3) is 5.69 Å². The SMILES string of the molecule is CCN(CC(=O)Nc1ccc(C)cc1[N+](=O)[O-])c1ccccc1. The molecule has 0 aliphatic heterocycles. The van der Waals surface area contributed by atoms with E-state index in [2.05, 4.69) is 5.32 Å². The van der Waals surface area contributed by atoms with Crippen LogP contribution in [0.5, 0.6) is 0 Å². The van der Waals surface area contributed by atoms with E-state index in [1.165, 1.54) is 6.07 Å². The second kappa shape index (κ2) is 7.40. The van der Waals surface area contributed by atoms with Crippen LogP contribution in [-0.2, 0) is 4.79 Å². The van der Waals surface area contributed by atoms with E-state index in [0.717, 1.165) is 11.3 Å². The second-order valence-corrected chi connectivity index (χ2v) is 5.18. The van der Waals surface area contributed by atoms with Crippen molar-refractivity contribution in [2.24, 2.45) is 0 Å². The van der Waals surface area contributed by atoms with E-state index < -0.39 is 4.92 Å². The number of aryl methyl sites for hydroxylation is 1. The fraction of sp³-hybridized carbons (Fsp3) is 0.235. The zero-order valence-electron chi connectivity index (χ0n) is 13.2. The number of hydrogen-bond acceptors (Lipinski definition) is 4. The molecule has 1 N–H and O–H groups in total. The average Bonchev–Trinajstić information content (AvgIpc) is 2.55. The first-order chi connectivity index (χ1) is 11.0. The number of nitro groups is 1. The number of carbonyl (C=O) groups excluding carboxylic acids is 1. The smallest absolute Gasteiger partial charge is 0.293 e. The minimum absolute atomic E-state index is 0.0962. The third-order valence-electron chi connectivity index (χ3n) is 3.46. The molecule has 120 valence electrons. The number of amides is 1. The van der Waals surface area contributed by atoms with E-state index in [1.807, 2.05) is 42.2 Å². The quantitative estimate of drug-likeness (QED) is 0.655. The largest absolute Gasteiger partial charge is 0.362 e. The number of nitrogens with one attached hydrogen (secondary N) is 1. The van der Waals surface area contributed by atoms with Crippen LogP contribution >= 0.6 is 0 Å². The molecule has 0 aliphatic rings. The van der Waals surface area contributed by atoms with Crippen molar-refractivity contribution in [2.45, 2.75) is 13.8 Å². The molecule has 2 aromatic rings. The van der Waals surface area contributed by atoms with E-state index in [4.69, 9.17) is 0 Å². The van der Waals surface area contributed by atoms with E-state index in [-0.39, 0.29) is 23.8 Å². The van der Waals surface area contributed by atoms with Crippen molar-refractivity contribution in [3.05, 3.63) is 64.2 Å². The van der Waals surface area contributed by atoms with Crippen LogP contribution in [0.25, 0.3) is 0 Å². The number of anilines is 2. The summed E-state index contributed by atoms with van der Waals surface area (Å²) in [5.41, 5.74) is 1.83. The topological polar surface area (TPSA) is 75.5 Å². The molecular weight excluding hydrogens is 294 g/mol. The van der Waals surface area contributed by atoms with Gasteiger partial charge in [0.05, 0.1) is 11.5 Å². The van der Waals surface area contributed by atoms with Gasteiger partial charge in [0, 0.05) is 18.3 Å². The molecule has 1 amide bonds. The molecule has 0 heterocycles. The lowest BCUT2D eigenvalue weighted by molar-refractivity contribution is -0.384. The highest BCUT2D eigenvalue weighted by atomic mass is 16.6. The van der Waals surface area contributed by atoms with Crippen LogP contribution < -0.4 is 10.2 Å². The lowest BCUT2D eigenvalue weighted by Crippen LogP contribution is -2.33. The predicted molar refractivity (Wildman–Crippen MR) is 90.8 cm³/mol. The summed E-state index contributed by atoms with van der Waals surface area (Å²) in [4.78, 5) is 24.7. The van der Waals surface area contributed by atoms with Crippen LogP contribution in [-0.4, -0.2) is 23.9 Å². The van der Waals surface area contributed by atoms with Crippen molar-refractivity contribution in [1.29, 1.82) is 0 Å². The molecule has 2 rings (SSSR count). The van der Waals surface area contributed by atoms with E-state index in [1.54, 1.807) is 19.1 Å². The Balaban J connectivity index is 2.12. The number of nitrogens with zero attached hydrogens (tertiary/aromatic N) is 2. The summed E-state index contributed by atoms with van der Waals surface area (Å²) in [6.45, 7) is 4.51. The van der Waals surface area contributed by atoms with Crippen molar-refractivity contribution >= 4 is 23.0 Å². The van der Waals surface area contributed by atoms with Gasteiger partial charge in [0.1, 0.15) is 5.69 Å². The lowest BCUT2D eigenvalue weighted by atomic mass is 10.2. The van der Waals surface area contributed by atoms with Gasteiger partial charge in [-0.2, -0.15) is 0 Å². The maximum absolute atomic E-state index is 12.2. The van der Waals surface area contributed by atoms with Crippen LogP contribution in [0.2, 0.25) is 0 Å². The minimum Gasteiger partial charge on any atom is -0.362 e. The molecule has 0 bridgehead atoms. The van der Waals surface area contributed by atoms with E-state index in [9.17, 15) is 14.9 Å². The van der Waals surface area contributed by atoms with Gasteiger partial charge in [-0.25, -0.2) is 0 Å². The molecule has 0 saturated heterocycles. The average molecular weight is 313 g/mol. The number of nitro benzene ring substituents is 1. The van der Waals surface area contributed by atoms with Gasteiger partial charge in [-0.05, 0) is 37.6 Å². The standard InChI is InChI=1S/C17H19N3O3/c1-3-19(14-7-5-4-6-8-14)12-17(21)18-15-10-9-13(2)11-16(15)20(22)23/h4-11H,3,12H2,1-2H3,(H,18,21). The van der Waals surface area contributed by atoms with Gasteiger partial charge in [-0.3, -0.25) is 14.9 Å². The Bertz CT molecular complexity index is 701. The Labute approximate surface area is 134 Å². The fourth-order valence-electron chi connectivity index (χ4n) is 2.29. The van der Waals surface area contributed by atoms with Gasteiger partial charge in [0.15, 0.2) is 0 Å². The maximum atomic E-state index is 12.2. The molecule has 0 atom stereocenters. The zero-order valence-corrected chi connectivity index (χ0v) is 13.2. The molecule has 0 radical (unpaired) electrons. The first-order valence-electron chi connectivity index (χ1n) is 7.36. The fourth-order valence-corrected chi connectivity index (χ4v) is 2.29. The molecule has 6 nitrogen and oxygen atoms in total. The number of hydrogen-bond donors (Lipinski definition) is 1. The van der Waals surface area contributed by atoms with Gasteiger partial charge >= 0.3 is 0 Å². The number of benzene rings is 2. The molecule has 0 spiro atoms. The molecule has 23 heavy (non-hydrogen) atoms. The summed E-state index contributed by atoms with van der Waals surface area (Å²) in [5.74, 6) is -0.289. The number of rotatable bonds is 6. The van der Waals surface area contributed by atoms with Crippen LogP contribution in [0.1, 0.15) is 12.5 Å². The van der Waals surface area contributed by atoms with Crippen molar-refractivity contribution < 1.29 is 9.72 Å². The first-order valence-corrected chi connectivity index (χ1v) is 7.36. The molecular formula is C17H19N3O3. The maximum Gasteiger partial charge on any atom is 0.293 e. The highest BCUT2D eigenvalue weighted by molar-refractivity contribution is 5.96. The molecule has 0 aromatic heterocycles. The van der Waals surface area contributed by atoms with Gasteiger partial charge in [0.2, 0.25) is 5.91 Å². The summed E-state index contributed by atoms with van der Waals surface area (Å²) in [5, 5.41) is 13.7. The summed E-state index contributed by atoms with van der Waals surface area (Å²) >= 11 is 0. The lowest BCUT2D eigenvalue weighted by Gasteiger charge is -2.22. The summed E-state index contributed by atoms with van der Waals surface area (Å²) in [6, 6.07) is 14.3. The first kappa shape index (κ1) is 16.5. The monoisotopic (exact) mass is 313 g/mol. The number of carbonyl (C=O) groups is 1. The third-order valence-corrected chi connectivity index (χ3v) is 3.46. The van der Waals surface area contributed by atoms with E-state index >= 15 is 0 Å². The Kier molecular flexibility index (Phi) is 5.30. The van der Waals surface area contributed by atoms with Gasteiger partial charge in [-0.1, -0.05) is 24.3 Å². The van der Waals surface area contributed by atoms with Crippen LogP contribution in [0.4, 0.5) is 17.1 Å². The Morgan fingerprint density at radius 3 is 2.52 bits per heavy atom. The van der Waals surface area contributed by atoms with E-state index in [0.29, 0.717) is 6.54 Å². The number of likely N-dealkylation sites (N-methyl/N-ethyl adjacent to an activating group) is 1. The Hall–Kier alpha value is -2.89. The normalized spacial score (nSPS) is 10.2. The highest BCUT2D eigenvalue weighted by Gasteiger charge is 2.17. The Morgan fingerprint density at radius 2 is 1.91 bits per heavy atom. The third kappa shape index (κ3) is 4.29. The predicted octanol–water partition coefficient (Wildman–Crippen LogP) is 3.37. The van der Waals surface area contributed by atoms with Crippen molar-refractivity contribution in [3.63, 3.8) is 0 Å². The molecule has 6 heteroatoms. The van der Waals surface area contributed by atoms with Gasteiger partial charge in [-0.15, -0.1) is 0 Å². The minimum atomic E-state index is -0.489. The summed E-state index contributed by atoms with van der Waals surface area (Å²) < 4.78 is 0. The van der Waals surface area contributed by atoms with Crippen molar-refractivity contribution in [2.75, 3.05) is 23.3 Å². The molecule has 0 unspecified atom stereocenters. The summed E-state index contributed by atoms with van der Waals surface area (Å²) in [6.07, 6.45) is 0. The Morgan fingerprint density at radius 1 is 1.22 bits per heavy atom. The van der Waals surface area contributed by atoms with Crippen LogP contribution in [0, 0.1) is 17.0 Å². The second-order valence-electron chi connectivity index (χ2n) is 5.18. The molecule has 0 aliphatic carbocycles. The van der Waals surface area contributed by atoms with Gasteiger partial charge < -0.3 is 10.2 Å². The van der Waals surface area contributed by atoms with Crippen molar-refractivity contribution in [1.82, 2.24) is 0 Å². The molecule has 0 saturated carbocycles. The number of para-hydroxylation sites is 1. The highest BCUT2D eigenvalue weighted by Crippen LogP contribution is 2.25. The molecule has 0 fully saturated rings. The van der Waals surface area contributed by atoms with Crippen molar-refractivity contribution in [3.8, 4) is 0 Å². The van der Waals surface area contributed by atoms with Crippen LogP contribution in [0.15, 0.2) is 48.5 Å².